The second-order valence-electron chi connectivity index (χ2n) is 5.44. The summed E-state index contributed by atoms with van der Waals surface area (Å²) in [4.78, 5) is 23.7. The average molecular weight is 291 g/mol. The quantitative estimate of drug-likeness (QED) is 0.378. The molecule has 1 N–H and O–H groups in total. The second kappa shape index (κ2) is 6.56. The van der Waals surface area contributed by atoms with E-state index in [-0.39, 0.29) is 11.7 Å². The Bertz CT molecular complexity index is 545. The Labute approximate surface area is 124 Å². The number of carbonyl (C=O) groups is 1. The van der Waals surface area contributed by atoms with Crippen LogP contribution in [-0.4, -0.2) is 23.9 Å². The SMILES string of the molecule is CCCCNc1cc2c(cc1[N+](=O)[O-])N(C=O)C(C)CC2. The molecule has 0 saturated carbocycles. The number of hydrogen-bond donors (Lipinski definition) is 1. The van der Waals surface area contributed by atoms with Crippen molar-refractivity contribution in [2.24, 2.45) is 0 Å². The number of hydrogen-bond acceptors (Lipinski definition) is 4. The predicted molar refractivity (Wildman–Crippen MR) is 82.8 cm³/mol. The van der Waals surface area contributed by atoms with Crippen molar-refractivity contribution >= 4 is 23.5 Å². The third-order valence-corrected chi connectivity index (χ3v) is 3.94. The Morgan fingerprint density at radius 1 is 1.52 bits per heavy atom. The van der Waals surface area contributed by atoms with Crippen LogP contribution in [-0.2, 0) is 11.2 Å². The van der Waals surface area contributed by atoms with Crippen LogP contribution in [0.1, 0.15) is 38.7 Å². The van der Waals surface area contributed by atoms with Crippen LogP contribution in [0.15, 0.2) is 12.1 Å². The van der Waals surface area contributed by atoms with Crippen LogP contribution >= 0.6 is 0 Å². The number of nitrogens with zero attached hydrogens (tertiary/aromatic N) is 2. The minimum Gasteiger partial charge on any atom is -0.379 e. The van der Waals surface area contributed by atoms with Crippen molar-refractivity contribution in [3.8, 4) is 0 Å². The Morgan fingerprint density at radius 2 is 2.29 bits per heavy atom. The molecule has 0 radical (unpaired) electrons. The molecule has 1 heterocycles. The van der Waals surface area contributed by atoms with Gasteiger partial charge in [0, 0.05) is 18.7 Å². The van der Waals surface area contributed by atoms with Gasteiger partial charge in [-0.2, -0.15) is 0 Å². The standard InChI is InChI=1S/C15H21N3O3/c1-3-4-7-16-13-8-12-6-5-11(2)17(10-19)14(12)9-15(13)18(20)21/h8-11,16H,3-7H2,1-2H3. The fourth-order valence-corrected chi connectivity index (χ4v) is 2.66. The van der Waals surface area contributed by atoms with E-state index in [1.165, 1.54) is 6.07 Å². The molecule has 0 saturated heterocycles. The number of aryl methyl sites for hydroxylation is 1. The molecule has 6 nitrogen and oxygen atoms in total. The lowest BCUT2D eigenvalue weighted by molar-refractivity contribution is -0.383. The molecule has 0 bridgehead atoms. The van der Waals surface area contributed by atoms with Gasteiger partial charge in [0.1, 0.15) is 5.69 Å². The van der Waals surface area contributed by atoms with Crippen LogP contribution in [0.5, 0.6) is 0 Å². The third kappa shape index (κ3) is 3.15. The first-order valence-electron chi connectivity index (χ1n) is 7.37. The van der Waals surface area contributed by atoms with Gasteiger partial charge in [-0.1, -0.05) is 13.3 Å². The largest absolute Gasteiger partial charge is 0.379 e. The number of nitro benzene ring substituents is 1. The van der Waals surface area contributed by atoms with Gasteiger partial charge in [0.25, 0.3) is 5.69 Å². The van der Waals surface area contributed by atoms with E-state index in [4.69, 9.17) is 0 Å². The summed E-state index contributed by atoms with van der Waals surface area (Å²) in [6.45, 7) is 4.74. The first-order valence-corrected chi connectivity index (χ1v) is 7.37. The van der Waals surface area contributed by atoms with Crippen molar-refractivity contribution in [1.82, 2.24) is 0 Å². The van der Waals surface area contributed by atoms with E-state index < -0.39 is 4.92 Å². The lowest BCUT2D eigenvalue weighted by atomic mass is 9.96. The number of nitrogens with one attached hydrogen (secondary N) is 1. The zero-order valence-corrected chi connectivity index (χ0v) is 12.5. The summed E-state index contributed by atoms with van der Waals surface area (Å²) in [7, 11) is 0. The molecule has 0 spiro atoms. The highest BCUT2D eigenvalue weighted by Crippen LogP contribution is 2.37. The number of benzene rings is 1. The molecule has 6 heteroatoms. The van der Waals surface area contributed by atoms with Crippen LogP contribution in [0, 0.1) is 10.1 Å². The first-order chi connectivity index (χ1) is 10.1. The van der Waals surface area contributed by atoms with Crippen molar-refractivity contribution in [3.05, 3.63) is 27.8 Å². The van der Waals surface area contributed by atoms with E-state index in [0.29, 0.717) is 17.9 Å². The zero-order chi connectivity index (χ0) is 15.4. The van der Waals surface area contributed by atoms with E-state index >= 15 is 0 Å². The number of anilines is 2. The number of carbonyl (C=O) groups excluding carboxylic acids is 1. The summed E-state index contributed by atoms with van der Waals surface area (Å²) >= 11 is 0. The van der Waals surface area contributed by atoms with Crippen LogP contribution in [0.25, 0.3) is 0 Å². The fourth-order valence-electron chi connectivity index (χ4n) is 2.66. The average Bonchev–Trinajstić information content (AvgIpc) is 2.46. The predicted octanol–water partition coefficient (Wildman–Crippen LogP) is 3.10. The maximum absolute atomic E-state index is 11.3. The molecular formula is C15H21N3O3. The van der Waals surface area contributed by atoms with E-state index in [1.54, 1.807) is 4.90 Å². The van der Waals surface area contributed by atoms with Crippen LogP contribution in [0.3, 0.4) is 0 Å². The molecule has 0 aliphatic carbocycles. The van der Waals surface area contributed by atoms with Crippen molar-refractivity contribution in [2.75, 3.05) is 16.8 Å². The normalized spacial score (nSPS) is 17.2. The number of unbranched alkanes of at least 4 members (excludes halogenated alkanes) is 1. The lowest BCUT2D eigenvalue weighted by Crippen LogP contribution is -2.36. The van der Waals surface area contributed by atoms with Gasteiger partial charge >= 0.3 is 0 Å². The number of nitro groups is 1. The highest BCUT2D eigenvalue weighted by Gasteiger charge is 2.27. The van der Waals surface area contributed by atoms with Gasteiger partial charge in [-0.05, 0) is 37.8 Å². The number of fused-ring (bicyclic) bond motifs is 1. The van der Waals surface area contributed by atoms with Gasteiger partial charge in [0.15, 0.2) is 0 Å². The molecular weight excluding hydrogens is 270 g/mol. The minimum atomic E-state index is -0.392. The molecule has 1 aliphatic rings. The maximum Gasteiger partial charge on any atom is 0.294 e. The Kier molecular flexibility index (Phi) is 4.77. The monoisotopic (exact) mass is 291 g/mol. The van der Waals surface area contributed by atoms with E-state index in [2.05, 4.69) is 12.2 Å². The van der Waals surface area contributed by atoms with Crippen molar-refractivity contribution in [2.45, 2.75) is 45.6 Å². The molecule has 21 heavy (non-hydrogen) atoms. The van der Waals surface area contributed by atoms with Gasteiger partial charge in [-0.15, -0.1) is 0 Å². The molecule has 1 aromatic carbocycles. The summed E-state index contributed by atoms with van der Waals surface area (Å²) in [6, 6.07) is 3.42. The van der Waals surface area contributed by atoms with Gasteiger partial charge in [-0.25, -0.2) is 0 Å². The van der Waals surface area contributed by atoms with Gasteiger partial charge in [0.05, 0.1) is 10.6 Å². The lowest BCUT2D eigenvalue weighted by Gasteiger charge is -2.32. The second-order valence-corrected chi connectivity index (χ2v) is 5.44. The summed E-state index contributed by atoms with van der Waals surface area (Å²) in [5.41, 5.74) is 2.24. The zero-order valence-electron chi connectivity index (χ0n) is 12.5. The van der Waals surface area contributed by atoms with Gasteiger partial charge in [-0.3, -0.25) is 14.9 Å². The molecule has 114 valence electrons. The van der Waals surface area contributed by atoms with E-state index in [1.807, 2.05) is 13.0 Å². The van der Waals surface area contributed by atoms with Gasteiger partial charge < -0.3 is 10.2 Å². The minimum absolute atomic E-state index is 0.0332. The number of amides is 1. The third-order valence-electron chi connectivity index (χ3n) is 3.94. The van der Waals surface area contributed by atoms with Crippen molar-refractivity contribution in [1.29, 1.82) is 0 Å². The molecule has 1 aliphatic heterocycles. The molecule has 1 amide bonds. The summed E-state index contributed by atoms with van der Waals surface area (Å²) < 4.78 is 0. The Hall–Kier alpha value is -2.11. The van der Waals surface area contributed by atoms with Gasteiger partial charge in [0.2, 0.25) is 6.41 Å². The first kappa shape index (κ1) is 15.3. The Balaban J connectivity index is 2.40. The summed E-state index contributed by atoms with van der Waals surface area (Å²) in [6.07, 6.45) is 4.46. The molecule has 1 atom stereocenters. The van der Waals surface area contributed by atoms with Crippen molar-refractivity contribution < 1.29 is 9.72 Å². The topological polar surface area (TPSA) is 75.5 Å². The van der Waals surface area contributed by atoms with Crippen LogP contribution < -0.4 is 10.2 Å². The molecule has 1 unspecified atom stereocenters. The fraction of sp³-hybridized carbons (Fsp3) is 0.533. The van der Waals surface area contributed by atoms with E-state index in [9.17, 15) is 14.9 Å². The molecule has 2 rings (SSSR count). The van der Waals surface area contributed by atoms with E-state index in [0.717, 1.165) is 37.7 Å². The Morgan fingerprint density at radius 3 is 2.90 bits per heavy atom. The maximum atomic E-state index is 11.3. The molecule has 0 fully saturated rings. The highest BCUT2D eigenvalue weighted by molar-refractivity contribution is 5.83. The van der Waals surface area contributed by atoms with Crippen LogP contribution in [0.4, 0.5) is 17.1 Å². The summed E-state index contributed by atoms with van der Waals surface area (Å²) in [5.74, 6) is 0. The molecule has 1 aromatic rings. The van der Waals surface area contributed by atoms with Crippen LogP contribution in [0.2, 0.25) is 0 Å². The smallest absolute Gasteiger partial charge is 0.294 e. The van der Waals surface area contributed by atoms with Crippen molar-refractivity contribution in [3.63, 3.8) is 0 Å². The highest BCUT2D eigenvalue weighted by atomic mass is 16.6. The number of rotatable bonds is 6. The summed E-state index contributed by atoms with van der Waals surface area (Å²) in [5, 5.41) is 14.4. The molecule has 0 aromatic heterocycles.